The molecule has 0 bridgehead atoms. The van der Waals surface area contributed by atoms with E-state index in [0.717, 1.165) is 15.9 Å². The number of anilines is 1. The highest BCUT2D eigenvalue weighted by Crippen LogP contribution is 2.29. The SMILES string of the molecule is Cc1ccc(S(=O)(=O)N2CCC[C@@H]2C(=O)Nc2ccc(F)c(F)c2CC(C)O)cc1. The Bertz CT molecular complexity index is 1040. The second-order valence-electron chi connectivity index (χ2n) is 7.52. The zero-order valence-electron chi connectivity index (χ0n) is 16.7. The molecule has 2 aromatic rings. The van der Waals surface area contributed by atoms with Crippen molar-refractivity contribution in [2.75, 3.05) is 11.9 Å². The van der Waals surface area contributed by atoms with Crippen molar-refractivity contribution in [2.45, 2.75) is 50.2 Å². The monoisotopic (exact) mass is 438 g/mol. The van der Waals surface area contributed by atoms with Crippen LogP contribution in [0.25, 0.3) is 0 Å². The number of aliphatic hydroxyl groups excluding tert-OH is 1. The van der Waals surface area contributed by atoms with Gasteiger partial charge in [-0.3, -0.25) is 4.79 Å². The summed E-state index contributed by atoms with van der Waals surface area (Å²) < 4.78 is 55.0. The van der Waals surface area contributed by atoms with Crippen LogP contribution in [0.2, 0.25) is 0 Å². The molecule has 1 unspecified atom stereocenters. The average molecular weight is 438 g/mol. The van der Waals surface area contributed by atoms with E-state index < -0.39 is 39.7 Å². The second-order valence-corrected chi connectivity index (χ2v) is 9.41. The smallest absolute Gasteiger partial charge is 0.243 e. The standard InChI is InChI=1S/C21H24F2N2O4S/c1-13-5-7-15(8-6-13)30(28,29)25-11-3-4-19(25)21(27)24-18-10-9-17(22)20(23)16(18)12-14(2)26/h5-10,14,19,26H,3-4,11-12H2,1-2H3,(H,24,27)/t14?,19-/m1/s1. The molecular formula is C21H24F2N2O4S. The molecule has 3 rings (SSSR count). The summed E-state index contributed by atoms with van der Waals surface area (Å²) in [6, 6.07) is 7.47. The van der Waals surface area contributed by atoms with Crippen molar-refractivity contribution in [3.63, 3.8) is 0 Å². The van der Waals surface area contributed by atoms with Crippen LogP contribution < -0.4 is 5.32 Å². The predicted molar refractivity (Wildman–Crippen MR) is 108 cm³/mol. The minimum atomic E-state index is -3.89. The van der Waals surface area contributed by atoms with Crippen molar-refractivity contribution in [1.82, 2.24) is 4.31 Å². The van der Waals surface area contributed by atoms with E-state index in [1.807, 2.05) is 6.92 Å². The molecule has 0 aromatic heterocycles. The summed E-state index contributed by atoms with van der Waals surface area (Å²) in [5.41, 5.74) is 0.761. The van der Waals surface area contributed by atoms with Gasteiger partial charge in [0.05, 0.1) is 11.0 Å². The van der Waals surface area contributed by atoms with Gasteiger partial charge in [0.15, 0.2) is 11.6 Å². The molecule has 162 valence electrons. The molecule has 1 fully saturated rings. The third-order valence-electron chi connectivity index (χ3n) is 5.09. The number of halogens is 2. The van der Waals surface area contributed by atoms with Crippen molar-refractivity contribution >= 4 is 21.6 Å². The largest absolute Gasteiger partial charge is 0.393 e. The molecule has 0 spiro atoms. The van der Waals surface area contributed by atoms with E-state index in [9.17, 15) is 27.1 Å². The number of aliphatic hydroxyl groups is 1. The van der Waals surface area contributed by atoms with E-state index in [1.54, 1.807) is 12.1 Å². The summed E-state index contributed by atoms with van der Waals surface area (Å²) in [6.45, 7) is 3.45. The lowest BCUT2D eigenvalue weighted by atomic mass is 10.0. The molecule has 2 aromatic carbocycles. The van der Waals surface area contributed by atoms with Gasteiger partial charge in [0, 0.05) is 24.2 Å². The lowest BCUT2D eigenvalue weighted by Gasteiger charge is -2.24. The van der Waals surface area contributed by atoms with Gasteiger partial charge in [-0.1, -0.05) is 17.7 Å². The predicted octanol–water partition coefficient (Wildman–Crippen LogP) is 2.99. The number of aryl methyl sites for hydroxylation is 1. The van der Waals surface area contributed by atoms with Crippen LogP contribution in [0, 0.1) is 18.6 Å². The van der Waals surface area contributed by atoms with Crippen LogP contribution in [0.15, 0.2) is 41.3 Å². The zero-order valence-corrected chi connectivity index (χ0v) is 17.5. The van der Waals surface area contributed by atoms with Gasteiger partial charge in [0.25, 0.3) is 0 Å². The molecule has 6 nitrogen and oxygen atoms in total. The average Bonchev–Trinajstić information content (AvgIpc) is 3.18. The summed E-state index contributed by atoms with van der Waals surface area (Å²) in [5.74, 6) is -2.86. The number of hydrogen-bond donors (Lipinski definition) is 2. The third kappa shape index (κ3) is 4.53. The number of nitrogens with one attached hydrogen (secondary N) is 1. The van der Waals surface area contributed by atoms with E-state index in [2.05, 4.69) is 5.32 Å². The molecule has 1 aliphatic heterocycles. The number of sulfonamides is 1. The molecule has 2 atom stereocenters. The van der Waals surface area contributed by atoms with Crippen LogP contribution in [0.4, 0.5) is 14.5 Å². The van der Waals surface area contributed by atoms with E-state index >= 15 is 0 Å². The highest BCUT2D eigenvalue weighted by molar-refractivity contribution is 7.89. The fourth-order valence-electron chi connectivity index (χ4n) is 3.56. The summed E-state index contributed by atoms with van der Waals surface area (Å²) in [7, 11) is -3.89. The minimum absolute atomic E-state index is 0.0133. The number of carbonyl (C=O) groups excluding carboxylic acids is 1. The first-order chi connectivity index (χ1) is 14.1. The van der Waals surface area contributed by atoms with Crippen molar-refractivity contribution in [1.29, 1.82) is 0 Å². The highest BCUT2D eigenvalue weighted by Gasteiger charge is 2.39. The van der Waals surface area contributed by atoms with Gasteiger partial charge in [0.1, 0.15) is 6.04 Å². The number of nitrogens with zero attached hydrogens (tertiary/aromatic N) is 1. The maximum Gasteiger partial charge on any atom is 0.243 e. The first-order valence-electron chi connectivity index (χ1n) is 9.65. The van der Waals surface area contributed by atoms with Crippen molar-refractivity contribution < 1.29 is 27.1 Å². The summed E-state index contributed by atoms with van der Waals surface area (Å²) >= 11 is 0. The summed E-state index contributed by atoms with van der Waals surface area (Å²) in [4.78, 5) is 13.0. The van der Waals surface area contributed by atoms with E-state index in [4.69, 9.17) is 0 Å². The number of rotatable bonds is 6. The van der Waals surface area contributed by atoms with Crippen LogP contribution >= 0.6 is 0 Å². The van der Waals surface area contributed by atoms with Gasteiger partial charge < -0.3 is 10.4 Å². The maximum atomic E-state index is 14.2. The summed E-state index contributed by atoms with van der Waals surface area (Å²) in [6.07, 6.45) is -0.342. The van der Waals surface area contributed by atoms with Crippen LogP contribution in [0.1, 0.15) is 30.9 Å². The van der Waals surface area contributed by atoms with Gasteiger partial charge in [0.2, 0.25) is 15.9 Å². The van der Waals surface area contributed by atoms with Crippen molar-refractivity contribution in [3.8, 4) is 0 Å². The Morgan fingerprint density at radius 3 is 2.53 bits per heavy atom. The topological polar surface area (TPSA) is 86.7 Å². The molecule has 30 heavy (non-hydrogen) atoms. The molecule has 0 radical (unpaired) electrons. The Morgan fingerprint density at radius 1 is 1.23 bits per heavy atom. The van der Waals surface area contributed by atoms with E-state index in [0.29, 0.717) is 12.8 Å². The van der Waals surface area contributed by atoms with Crippen molar-refractivity contribution in [3.05, 3.63) is 59.2 Å². The van der Waals surface area contributed by atoms with Gasteiger partial charge in [-0.05, 0) is 51.0 Å². The van der Waals surface area contributed by atoms with Crippen LogP contribution in [0.5, 0.6) is 0 Å². The number of benzene rings is 2. The van der Waals surface area contributed by atoms with Gasteiger partial charge in [-0.2, -0.15) is 4.31 Å². The maximum absolute atomic E-state index is 14.2. The Kier molecular flexibility index (Phi) is 6.54. The number of carbonyl (C=O) groups is 1. The van der Waals surface area contributed by atoms with E-state index in [-0.39, 0.29) is 29.1 Å². The Hall–Kier alpha value is -2.36. The molecular weight excluding hydrogens is 414 g/mol. The second kappa shape index (κ2) is 8.79. The lowest BCUT2D eigenvalue weighted by molar-refractivity contribution is -0.119. The van der Waals surface area contributed by atoms with Gasteiger partial charge in [-0.15, -0.1) is 0 Å². The quantitative estimate of drug-likeness (QED) is 0.726. The fourth-order valence-corrected chi connectivity index (χ4v) is 5.21. The Morgan fingerprint density at radius 2 is 1.90 bits per heavy atom. The molecule has 0 saturated carbocycles. The van der Waals surface area contributed by atoms with Gasteiger partial charge in [-0.25, -0.2) is 17.2 Å². The Balaban J connectivity index is 1.87. The lowest BCUT2D eigenvalue weighted by Crippen LogP contribution is -2.43. The normalized spacial score (nSPS) is 18.4. The van der Waals surface area contributed by atoms with Gasteiger partial charge >= 0.3 is 0 Å². The Labute approximate surface area is 174 Å². The molecule has 1 amide bonds. The fraction of sp³-hybridized carbons (Fsp3) is 0.381. The molecule has 1 aliphatic rings. The molecule has 0 aliphatic carbocycles. The molecule has 2 N–H and O–H groups in total. The van der Waals surface area contributed by atoms with Crippen LogP contribution in [-0.4, -0.2) is 42.4 Å². The van der Waals surface area contributed by atoms with E-state index in [1.165, 1.54) is 25.1 Å². The van der Waals surface area contributed by atoms with Crippen LogP contribution in [-0.2, 0) is 21.2 Å². The summed E-state index contributed by atoms with van der Waals surface area (Å²) in [5, 5.41) is 12.1. The first kappa shape index (κ1) is 22.3. The zero-order chi connectivity index (χ0) is 22.1. The molecule has 1 saturated heterocycles. The minimum Gasteiger partial charge on any atom is -0.393 e. The van der Waals surface area contributed by atoms with Crippen LogP contribution in [0.3, 0.4) is 0 Å². The molecule has 1 heterocycles. The third-order valence-corrected chi connectivity index (χ3v) is 7.01. The molecule has 9 heteroatoms. The highest BCUT2D eigenvalue weighted by atomic mass is 32.2. The number of hydrogen-bond acceptors (Lipinski definition) is 4. The number of amides is 1. The van der Waals surface area contributed by atoms with Crippen molar-refractivity contribution in [2.24, 2.45) is 0 Å². The first-order valence-corrected chi connectivity index (χ1v) is 11.1.